The second-order valence-corrected chi connectivity index (χ2v) is 8.70. The molecule has 0 unspecified atom stereocenters. The molecule has 0 saturated heterocycles. The Hall–Kier alpha value is -2.96. The fourth-order valence-electron chi connectivity index (χ4n) is 2.93. The van der Waals surface area contributed by atoms with E-state index in [1.807, 2.05) is 51.1 Å². The highest BCUT2D eigenvalue weighted by Gasteiger charge is 2.43. The van der Waals surface area contributed by atoms with Crippen molar-refractivity contribution in [3.05, 3.63) is 47.4 Å². The summed E-state index contributed by atoms with van der Waals surface area (Å²) >= 11 is 0. The Labute approximate surface area is 171 Å². The van der Waals surface area contributed by atoms with Gasteiger partial charge < -0.3 is 19.2 Å². The number of aldehydes is 2. The Kier molecular flexibility index (Phi) is 6.62. The summed E-state index contributed by atoms with van der Waals surface area (Å²) < 4.78 is 11.3. The molecule has 1 aromatic rings. The molecule has 0 spiro atoms. The minimum Gasteiger partial charge on any atom is -0.488 e. The van der Waals surface area contributed by atoms with E-state index >= 15 is 0 Å². The third-order valence-electron chi connectivity index (χ3n) is 4.04. The minimum absolute atomic E-state index is 0.0978. The average molecular weight is 400 g/mol. The Morgan fingerprint density at radius 2 is 1.72 bits per heavy atom. The normalized spacial score (nSPS) is 17.5. The molecule has 0 aliphatic carbocycles. The third kappa shape index (κ3) is 5.53. The van der Waals surface area contributed by atoms with Crippen LogP contribution in [0, 0.1) is 0 Å². The molecule has 0 amide bonds. The zero-order chi connectivity index (χ0) is 21.8. The highest BCUT2D eigenvalue weighted by Crippen LogP contribution is 2.30. The number of rotatable bonds is 6. The number of allylic oxidation sites excluding steroid dienone is 1. The molecule has 0 saturated carbocycles. The smallest absolute Gasteiger partial charge is 0.374 e. The van der Waals surface area contributed by atoms with Crippen molar-refractivity contribution in [1.82, 2.24) is 4.90 Å². The molecule has 0 fully saturated rings. The highest BCUT2D eigenvalue weighted by molar-refractivity contribution is 6.36. The molecule has 7 nitrogen and oxygen atoms in total. The van der Waals surface area contributed by atoms with Gasteiger partial charge >= 0.3 is 5.97 Å². The number of aliphatic imine (C=N–C) groups is 1. The Morgan fingerprint density at radius 3 is 2.21 bits per heavy atom. The van der Waals surface area contributed by atoms with Gasteiger partial charge in [-0.1, -0.05) is 30.3 Å². The average Bonchev–Trinajstić information content (AvgIpc) is 2.63. The number of amidine groups is 1. The molecular formula is C22H28N2O5. The van der Waals surface area contributed by atoms with Crippen LogP contribution in [0.4, 0.5) is 0 Å². The quantitative estimate of drug-likeness (QED) is 0.539. The molecule has 0 radical (unpaired) electrons. The molecule has 29 heavy (non-hydrogen) atoms. The van der Waals surface area contributed by atoms with E-state index in [1.165, 1.54) is 4.90 Å². The summed E-state index contributed by atoms with van der Waals surface area (Å²) in [5, 5.41) is 0. The molecule has 7 heteroatoms. The summed E-state index contributed by atoms with van der Waals surface area (Å²) in [7, 11) is 0. The first-order valence-electron chi connectivity index (χ1n) is 9.40. The second kappa shape index (κ2) is 8.59. The van der Waals surface area contributed by atoms with Crippen LogP contribution in [-0.2, 0) is 30.5 Å². The van der Waals surface area contributed by atoms with Crippen LogP contribution in [0.25, 0.3) is 0 Å². The van der Waals surface area contributed by atoms with Gasteiger partial charge in [-0.15, -0.1) is 0 Å². The zero-order valence-electron chi connectivity index (χ0n) is 17.8. The van der Waals surface area contributed by atoms with Crippen LogP contribution in [0.5, 0.6) is 0 Å². The SMILES string of the molecule is CC(C)(C)OC(=O)C1=NC(C=O)=C(OCc2ccccc2)[C@@H](C=O)N1C(C)(C)C. The maximum absolute atomic E-state index is 12.8. The lowest BCUT2D eigenvalue weighted by Crippen LogP contribution is -2.58. The van der Waals surface area contributed by atoms with Crippen molar-refractivity contribution in [1.29, 1.82) is 0 Å². The van der Waals surface area contributed by atoms with Crippen LogP contribution < -0.4 is 0 Å². The lowest BCUT2D eigenvalue weighted by Gasteiger charge is -2.43. The number of nitrogens with zero attached hydrogens (tertiary/aromatic N) is 2. The largest absolute Gasteiger partial charge is 0.488 e. The van der Waals surface area contributed by atoms with Gasteiger partial charge in [-0.2, -0.15) is 0 Å². The van der Waals surface area contributed by atoms with Gasteiger partial charge in [-0.05, 0) is 47.1 Å². The molecule has 0 aromatic heterocycles. The first-order chi connectivity index (χ1) is 13.5. The van der Waals surface area contributed by atoms with Crippen LogP contribution in [0.1, 0.15) is 47.1 Å². The lowest BCUT2D eigenvalue weighted by atomic mass is 9.99. The summed E-state index contributed by atoms with van der Waals surface area (Å²) in [5.74, 6) is -0.694. The molecule has 1 atom stereocenters. The van der Waals surface area contributed by atoms with Crippen molar-refractivity contribution in [2.75, 3.05) is 0 Å². The van der Waals surface area contributed by atoms with Gasteiger partial charge in [0.15, 0.2) is 12.0 Å². The number of carbonyl (C=O) groups excluding carboxylic acids is 3. The monoisotopic (exact) mass is 400 g/mol. The fourth-order valence-corrected chi connectivity index (χ4v) is 2.93. The van der Waals surface area contributed by atoms with Gasteiger partial charge in [0.25, 0.3) is 0 Å². The maximum atomic E-state index is 12.8. The van der Waals surface area contributed by atoms with Gasteiger partial charge in [-0.25, -0.2) is 9.79 Å². The predicted octanol–water partition coefficient (Wildman–Crippen LogP) is 3.04. The second-order valence-electron chi connectivity index (χ2n) is 8.70. The van der Waals surface area contributed by atoms with Crippen molar-refractivity contribution in [3.63, 3.8) is 0 Å². The summed E-state index contributed by atoms with van der Waals surface area (Å²) in [6.07, 6.45) is 1.13. The van der Waals surface area contributed by atoms with E-state index in [-0.39, 0.29) is 23.9 Å². The molecule has 2 rings (SSSR count). The van der Waals surface area contributed by atoms with Crippen molar-refractivity contribution < 1.29 is 23.9 Å². The summed E-state index contributed by atoms with van der Waals surface area (Å²) in [6.45, 7) is 10.9. The summed E-state index contributed by atoms with van der Waals surface area (Å²) in [5.41, 5.74) is -0.648. The fraction of sp³-hybridized carbons (Fsp3) is 0.455. The van der Waals surface area contributed by atoms with Crippen molar-refractivity contribution >= 4 is 24.4 Å². The van der Waals surface area contributed by atoms with Crippen molar-refractivity contribution in [3.8, 4) is 0 Å². The van der Waals surface area contributed by atoms with Gasteiger partial charge in [-0.3, -0.25) is 4.79 Å². The van der Waals surface area contributed by atoms with Gasteiger partial charge in [0.2, 0.25) is 5.84 Å². The van der Waals surface area contributed by atoms with E-state index in [1.54, 1.807) is 20.8 Å². The van der Waals surface area contributed by atoms with Gasteiger partial charge in [0, 0.05) is 5.54 Å². The number of carbonyl (C=O) groups is 3. The van der Waals surface area contributed by atoms with E-state index in [4.69, 9.17) is 9.47 Å². The molecule has 0 N–H and O–H groups in total. The molecule has 0 bridgehead atoms. The van der Waals surface area contributed by atoms with Crippen LogP contribution in [0.2, 0.25) is 0 Å². The molecule has 1 heterocycles. The number of hydrogen-bond acceptors (Lipinski definition) is 7. The Morgan fingerprint density at radius 1 is 1.10 bits per heavy atom. The third-order valence-corrected chi connectivity index (χ3v) is 4.04. The molecule has 156 valence electrons. The highest BCUT2D eigenvalue weighted by atomic mass is 16.6. The van der Waals surface area contributed by atoms with E-state index in [0.29, 0.717) is 12.6 Å². The zero-order valence-corrected chi connectivity index (χ0v) is 17.8. The minimum atomic E-state index is -0.987. The van der Waals surface area contributed by atoms with Crippen LogP contribution in [0.15, 0.2) is 46.8 Å². The number of hydrogen-bond donors (Lipinski definition) is 0. The van der Waals surface area contributed by atoms with Gasteiger partial charge in [0.05, 0.1) is 0 Å². The van der Waals surface area contributed by atoms with Crippen molar-refractivity contribution in [2.24, 2.45) is 4.99 Å². The van der Waals surface area contributed by atoms with Crippen LogP contribution >= 0.6 is 0 Å². The molecular weight excluding hydrogens is 372 g/mol. The summed E-state index contributed by atoms with van der Waals surface area (Å²) in [6, 6.07) is 8.37. The van der Waals surface area contributed by atoms with Crippen LogP contribution in [-0.4, -0.2) is 46.5 Å². The standard InChI is InChI=1S/C22H28N2O5/c1-21(2,3)24-17(13-26)18(28-14-15-10-8-7-9-11-15)16(12-25)23-19(24)20(27)29-22(4,5)6/h7-13,17H,14H2,1-6H3/t17-/m1/s1. The van der Waals surface area contributed by atoms with E-state index in [2.05, 4.69) is 4.99 Å². The van der Waals surface area contributed by atoms with Crippen molar-refractivity contribution in [2.45, 2.75) is 65.3 Å². The topological polar surface area (TPSA) is 85.3 Å². The Bertz CT molecular complexity index is 829. The first kappa shape index (κ1) is 22.3. The summed E-state index contributed by atoms with van der Waals surface area (Å²) in [4.78, 5) is 42.3. The predicted molar refractivity (Wildman–Crippen MR) is 109 cm³/mol. The molecule has 1 aliphatic rings. The van der Waals surface area contributed by atoms with Crippen LogP contribution in [0.3, 0.4) is 0 Å². The lowest BCUT2D eigenvalue weighted by molar-refractivity contribution is -0.147. The number of ether oxygens (including phenoxy) is 2. The number of esters is 1. The van der Waals surface area contributed by atoms with Gasteiger partial charge in [0.1, 0.15) is 30.2 Å². The number of benzene rings is 1. The molecule has 1 aliphatic heterocycles. The molecule has 1 aromatic carbocycles. The Balaban J connectivity index is 2.50. The van der Waals surface area contributed by atoms with E-state index in [0.717, 1.165) is 5.56 Å². The first-order valence-corrected chi connectivity index (χ1v) is 9.40. The van der Waals surface area contributed by atoms with E-state index in [9.17, 15) is 14.4 Å². The maximum Gasteiger partial charge on any atom is 0.374 e. The van der Waals surface area contributed by atoms with E-state index < -0.39 is 23.2 Å².